The molecule has 2 aromatic carbocycles. The van der Waals surface area contributed by atoms with Gasteiger partial charge in [-0.2, -0.15) is 0 Å². The largest absolute Gasteiger partial charge is 0.497 e. The second-order valence-electron chi connectivity index (χ2n) is 6.52. The Kier molecular flexibility index (Phi) is 7.37. The minimum absolute atomic E-state index is 0.193. The summed E-state index contributed by atoms with van der Waals surface area (Å²) in [5.41, 5.74) is 1.12. The molecule has 0 aliphatic rings. The Bertz CT molecular complexity index is 819. The van der Waals surface area contributed by atoms with Crippen LogP contribution in [0.4, 0.5) is 0 Å². The maximum atomic E-state index is 10.5. The van der Waals surface area contributed by atoms with E-state index in [4.69, 9.17) is 25.5 Å². The number of hydrogen-bond donors (Lipinski definition) is 1. The number of furan rings is 1. The highest BCUT2D eigenvalue weighted by molar-refractivity contribution is 6.30. The molecule has 1 atom stereocenters. The molecule has 1 N–H and O–H groups in total. The second kappa shape index (κ2) is 10.2. The monoisotopic (exact) mass is 401 g/mol. The van der Waals surface area contributed by atoms with Crippen molar-refractivity contribution in [1.29, 1.82) is 0 Å². The van der Waals surface area contributed by atoms with Gasteiger partial charge in [0.2, 0.25) is 0 Å². The van der Waals surface area contributed by atoms with Gasteiger partial charge < -0.3 is 19.0 Å². The van der Waals surface area contributed by atoms with Crippen LogP contribution in [0.15, 0.2) is 71.3 Å². The number of ether oxygens (including phenoxy) is 2. The molecular formula is C22H24ClNO4. The first kappa shape index (κ1) is 20.3. The van der Waals surface area contributed by atoms with Gasteiger partial charge in [-0.3, -0.25) is 4.90 Å². The molecule has 3 aromatic rings. The van der Waals surface area contributed by atoms with E-state index < -0.39 is 6.10 Å². The predicted octanol–water partition coefficient (Wildman–Crippen LogP) is 4.38. The quantitative estimate of drug-likeness (QED) is 0.546. The van der Waals surface area contributed by atoms with Crippen molar-refractivity contribution in [3.8, 4) is 11.5 Å². The van der Waals surface area contributed by atoms with E-state index in [2.05, 4.69) is 4.90 Å². The molecule has 148 valence electrons. The van der Waals surface area contributed by atoms with Gasteiger partial charge in [0.05, 0.1) is 19.9 Å². The first-order chi connectivity index (χ1) is 13.6. The van der Waals surface area contributed by atoms with Crippen molar-refractivity contribution in [2.75, 3.05) is 20.3 Å². The summed E-state index contributed by atoms with van der Waals surface area (Å²) in [7, 11) is 1.65. The fourth-order valence-corrected chi connectivity index (χ4v) is 3.00. The lowest BCUT2D eigenvalue weighted by atomic mass is 10.2. The van der Waals surface area contributed by atoms with Crippen LogP contribution >= 0.6 is 11.6 Å². The van der Waals surface area contributed by atoms with Crippen molar-refractivity contribution in [2.24, 2.45) is 0 Å². The van der Waals surface area contributed by atoms with Crippen LogP contribution in [-0.4, -0.2) is 36.4 Å². The number of halogens is 1. The van der Waals surface area contributed by atoms with Gasteiger partial charge in [-0.15, -0.1) is 0 Å². The van der Waals surface area contributed by atoms with Crippen LogP contribution in [0.3, 0.4) is 0 Å². The number of rotatable bonds is 10. The van der Waals surface area contributed by atoms with Gasteiger partial charge in [0.1, 0.15) is 30.0 Å². The highest BCUT2D eigenvalue weighted by Gasteiger charge is 2.15. The summed E-state index contributed by atoms with van der Waals surface area (Å²) < 4.78 is 16.3. The predicted molar refractivity (Wildman–Crippen MR) is 109 cm³/mol. The molecule has 0 saturated heterocycles. The topological polar surface area (TPSA) is 55.1 Å². The lowest BCUT2D eigenvalue weighted by Crippen LogP contribution is -2.35. The molecule has 0 aliphatic heterocycles. The molecule has 28 heavy (non-hydrogen) atoms. The summed E-state index contributed by atoms with van der Waals surface area (Å²) in [6.07, 6.45) is 1.00. The maximum absolute atomic E-state index is 10.5. The molecule has 1 unspecified atom stereocenters. The van der Waals surface area contributed by atoms with E-state index in [9.17, 15) is 5.11 Å². The first-order valence-electron chi connectivity index (χ1n) is 9.06. The Balaban J connectivity index is 1.59. The standard InChI is InChI=1S/C22H24ClNO4/c1-26-20-8-4-17(5-9-20)13-24(15-22-3-2-12-27-22)14-19(25)16-28-21-10-6-18(23)7-11-21/h2-12,19,25H,13-16H2,1H3. The normalized spacial score (nSPS) is 12.1. The molecule has 0 saturated carbocycles. The third kappa shape index (κ3) is 6.30. The molecule has 5 nitrogen and oxygen atoms in total. The van der Waals surface area contributed by atoms with Gasteiger partial charge >= 0.3 is 0 Å². The van der Waals surface area contributed by atoms with Gasteiger partial charge in [0.25, 0.3) is 0 Å². The minimum Gasteiger partial charge on any atom is -0.497 e. The van der Waals surface area contributed by atoms with Crippen molar-refractivity contribution >= 4 is 11.6 Å². The Labute approximate surface area is 170 Å². The highest BCUT2D eigenvalue weighted by atomic mass is 35.5. The number of methoxy groups -OCH3 is 1. The average Bonchev–Trinajstić information content (AvgIpc) is 3.21. The van der Waals surface area contributed by atoms with Crippen molar-refractivity contribution in [2.45, 2.75) is 19.2 Å². The van der Waals surface area contributed by atoms with Gasteiger partial charge in [-0.1, -0.05) is 23.7 Å². The van der Waals surface area contributed by atoms with Gasteiger partial charge in [0.15, 0.2) is 0 Å². The highest BCUT2D eigenvalue weighted by Crippen LogP contribution is 2.17. The second-order valence-corrected chi connectivity index (χ2v) is 6.95. The molecule has 6 heteroatoms. The molecule has 0 bridgehead atoms. The average molecular weight is 402 g/mol. The van der Waals surface area contributed by atoms with Crippen LogP contribution < -0.4 is 9.47 Å². The van der Waals surface area contributed by atoms with Gasteiger partial charge in [-0.05, 0) is 54.1 Å². The number of nitrogens with zero attached hydrogens (tertiary/aromatic N) is 1. The lowest BCUT2D eigenvalue weighted by Gasteiger charge is -2.24. The van der Waals surface area contributed by atoms with Crippen molar-refractivity contribution in [3.63, 3.8) is 0 Å². The molecule has 0 fully saturated rings. The summed E-state index contributed by atoms with van der Waals surface area (Å²) in [5, 5.41) is 11.1. The number of aliphatic hydroxyl groups excluding tert-OH is 1. The Morgan fingerprint density at radius 3 is 2.36 bits per heavy atom. The fraction of sp³-hybridized carbons (Fsp3) is 0.273. The molecule has 0 radical (unpaired) electrons. The van der Waals surface area contributed by atoms with Crippen LogP contribution in [0, 0.1) is 0 Å². The van der Waals surface area contributed by atoms with Crippen LogP contribution in [0.5, 0.6) is 11.5 Å². The van der Waals surface area contributed by atoms with E-state index in [1.807, 2.05) is 36.4 Å². The molecule has 1 heterocycles. The van der Waals surface area contributed by atoms with Gasteiger partial charge in [0, 0.05) is 18.1 Å². The van der Waals surface area contributed by atoms with Crippen molar-refractivity contribution in [1.82, 2.24) is 4.90 Å². The molecule has 0 aliphatic carbocycles. The number of aliphatic hydroxyl groups is 1. The zero-order valence-electron chi connectivity index (χ0n) is 15.8. The zero-order chi connectivity index (χ0) is 19.8. The van der Waals surface area contributed by atoms with E-state index in [0.29, 0.717) is 30.4 Å². The minimum atomic E-state index is -0.649. The van der Waals surface area contributed by atoms with Crippen LogP contribution in [0.1, 0.15) is 11.3 Å². The van der Waals surface area contributed by atoms with Crippen molar-refractivity contribution in [3.05, 3.63) is 83.3 Å². The van der Waals surface area contributed by atoms with Crippen LogP contribution in [0.25, 0.3) is 0 Å². The third-order valence-corrected chi connectivity index (χ3v) is 4.50. The Hall–Kier alpha value is -2.47. The van der Waals surface area contributed by atoms with Gasteiger partial charge in [-0.25, -0.2) is 0 Å². The van der Waals surface area contributed by atoms with E-state index in [1.165, 1.54) is 0 Å². The summed E-state index contributed by atoms with van der Waals surface area (Å²) in [5.74, 6) is 2.34. The SMILES string of the molecule is COc1ccc(CN(Cc2ccco2)CC(O)COc2ccc(Cl)cc2)cc1. The molecule has 0 spiro atoms. The van der Waals surface area contributed by atoms with E-state index >= 15 is 0 Å². The first-order valence-corrected chi connectivity index (χ1v) is 9.44. The maximum Gasteiger partial charge on any atom is 0.119 e. The fourth-order valence-electron chi connectivity index (χ4n) is 2.87. The van der Waals surface area contributed by atoms with E-state index in [0.717, 1.165) is 17.1 Å². The smallest absolute Gasteiger partial charge is 0.119 e. The molecule has 3 rings (SSSR count). The lowest BCUT2D eigenvalue weighted by molar-refractivity contribution is 0.0604. The summed E-state index contributed by atoms with van der Waals surface area (Å²) >= 11 is 5.88. The zero-order valence-corrected chi connectivity index (χ0v) is 16.5. The molecular weight excluding hydrogens is 378 g/mol. The van der Waals surface area contributed by atoms with Crippen molar-refractivity contribution < 1.29 is 19.0 Å². The summed E-state index contributed by atoms with van der Waals surface area (Å²) in [6.45, 7) is 1.90. The summed E-state index contributed by atoms with van der Waals surface area (Å²) in [6, 6.07) is 18.8. The Morgan fingerprint density at radius 2 is 1.71 bits per heavy atom. The Morgan fingerprint density at radius 1 is 1.00 bits per heavy atom. The third-order valence-electron chi connectivity index (χ3n) is 4.25. The van der Waals surface area contributed by atoms with E-state index in [1.54, 1.807) is 37.6 Å². The van der Waals surface area contributed by atoms with E-state index in [-0.39, 0.29) is 6.61 Å². The van der Waals surface area contributed by atoms with Crippen LogP contribution in [-0.2, 0) is 13.1 Å². The summed E-state index contributed by atoms with van der Waals surface area (Å²) in [4.78, 5) is 2.12. The molecule has 0 amide bonds. The number of hydrogen-bond acceptors (Lipinski definition) is 5. The van der Waals surface area contributed by atoms with Crippen LogP contribution in [0.2, 0.25) is 5.02 Å². The number of benzene rings is 2. The molecule has 1 aromatic heterocycles.